The van der Waals surface area contributed by atoms with Gasteiger partial charge in [-0.2, -0.15) is 0 Å². The quantitative estimate of drug-likeness (QED) is 0.614. The summed E-state index contributed by atoms with van der Waals surface area (Å²) < 4.78 is 0. The number of amides is 2. The minimum absolute atomic E-state index is 0.0728. The highest BCUT2D eigenvalue weighted by Gasteiger charge is 2.32. The number of ketones is 1. The monoisotopic (exact) mass is 376 g/mol. The summed E-state index contributed by atoms with van der Waals surface area (Å²) in [7, 11) is 0. The average molecular weight is 376 g/mol. The Labute approximate surface area is 153 Å². The van der Waals surface area contributed by atoms with Crippen LogP contribution in [-0.2, 0) is 9.59 Å². The summed E-state index contributed by atoms with van der Waals surface area (Å²) in [5.74, 6) is -0.138. The standard InChI is InChI=1S/C16H16N4O3S2/c1-8-3-4-10(9(2)5-8)11(21)6-12-14(23)18-16(25-12)20-19-15-17-13(22)7-24-15/h3-5,12H,6-7H2,1-2H3,(H,17,19,22)(H,18,20,23)/t12-/m0/s1. The molecule has 9 heteroatoms. The summed E-state index contributed by atoms with van der Waals surface area (Å²) in [6, 6.07) is 5.63. The molecule has 0 saturated carbocycles. The summed E-state index contributed by atoms with van der Waals surface area (Å²) in [5.41, 5.74) is 2.63. The molecular formula is C16H16N4O3S2. The van der Waals surface area contributed by atoms with E-state index in [4.69, 9.17) is 0 Å². The van der Waals surface area contributed by atoms with Gasteiger partial charge in [-0.15, -0.1) is 10.2 Å². The number of carbonyl (C=O) groups excluding carboxylic acids is 3. The Morgan fingerprint density at radius 3 is 2.64 bits per heavy atom. The number of nitrogens with zero attached hydrogens (tertiary/aromatic N) is 2. The lowest BCUT2D eigenvalue weighted by Gasteiger charge is -2.08. The van der Waals surface area contributed by atoms with Crippen LogP contribution in [-0.4, -0.2) is 38.9 Å². The van der Waals surface area contributed by atoms with E-state index >= 15 is 0 Å². The van der Waals surface area contributed by atoms with Crippen LogP contribution in [0.15, 0.2) is 28.4 Å². The largest absolute Gasteiger partial charge is 0.303 e. The maximum Gasteiger partial charge on any atom is 0.240 e. The molecule has 0 aliphatic carbocycles. The second-order valence-electron chi connectivity index (χ2n) is 5.69. The molecule has 0 spiro atoms. The van der Waals surface area contributed by atoms with Gasteiger partial charge >= 0.3 is 0 Å². The van der Waals surface area contributed by atoms with Crippen molar-refractivity contribution < 1.29 is 14.4 Å². The summed E-state index contributed by atoms with van der Waals surface area (Å²) in [5, 5.41) is 13.2. The molecule has 2 aliphatic heterocycles. The number of Topliss-reactive ketones (excluding diaryl/α,β-unsaturated/α-hetero) is 1. The van der Waals surface area contributed by atoms with Gasteiger partial charge in [-0.3, -0.25) is 14.4 Å². The van der Waals surface area contributed by atoms with Crippen molar-refractivity contribution in [2.45, 2.75) is 25.5 Å². The van der Waals surface area contributed by atoms with Crippen LogP contribution in [0.25, 0.3) is 0 Å². The van der Waals surface area contributed by atoms with E-state index in [1.807, 2.05) is 26.0 Å². The zero-order valence-electron chi connectivity index (χ0n) is 13.7. The molecule has 2 fully saturated rings. The van der Waals surface area contributed by atoms with E-state index in [1.54, 1.807) is 6.07 Å². The van der Waals surface area contributed by atoms with Gasteiger partial charge in [0.05, 0.1) is 11.0 Å². The molecule has 0 aromatic heterocycles. The zero-order chi connectivity index (χ0) is 18.0. The zero-order valence-corrected chi connectivity index (χ0v) is 15.3. The van der Waals surface area contributed by atoms with Crippen LogP contribution in [0.4, 0.5) is 0 Å². The first-order valence-corrected chi connectivity index (χ1v) is 9.45. The van der Waals surface area contributed by atoms with Gasteiger partial charge in [-0.05, 0) is 19.4 Å². The molecule has 0 radical (unpaired) electrons. The predicted molar refractivity (Wildman–Crippen MR) is 99.9 cm³/mol. The van der Waals surface area contributed by atoms with Crippen LogP contribution in [0.1, 0.15) is 27.9 Å². The molecule has 2 amide bonds. The van der Waals surface area contributed by atoms with E-state index in [0.29, 0.717) is 21.7 Å². The maximum absolute atomic E-state index is 12.5. The third-order valence-electron chi connectivity index (χ3n) is 3.65. The van der Waals surface area contributed by atoms with Crippen molar-refractivity contribution in [1.82, 2.24) is 10.6 Å². The first kappa shape index (κ1) is 17.7. The summed E-state index contributed by atoms with van der Waals surface area (Å²) >= 11 is 2.43. The van der Waals surface area contributed by atoms with Crippen molar-refractivity contribution in [3.63, 3.8) is 0 Å². The van der Waals surface area contributed by atoms with Crippen LogP contribution in [0.5, 0.6) is 0 Å². The van der Waals surface area contributed by atoms with E-state index in [0.717, 1.165) is 11.1 Å². The van der Waals surface area contributed by atoms with Gasteiger partial charge in [0.25, 0.3) is 0 Å². The molecule has 130 valence electrons. The SMILES string of the molecule is Cc1ccc(C(=O)C[C@@H]2S/C(=N\N=C3\NC(=O)CS3)NC2=O)c(C)c1. The third kappa shape index (κ3) is 4.29. The highest BCUT2D eigenvalue weighted by atomic mass is 32.2. The number of hydrogen-bond donors (Lipinski definition) is 2. The summed E-state index contributed by atoms with van der Waals surface area (Å²) in [6.07, 6.45) is 0.0987. The number of aryl methyl sites for hydroxylation is 2. The second kappa shape index (κ2) is 7.40. The topological polar surface area (TPSA) is 100.0 Å². The van der Waals surface area contributed by atoms with Crippen molar-refractivity contribution in [2.24, 2.45) is 10.2 Å². The molecule has 2 aliphatic rings. The van der Waals surface area contributed by atoms with Crippen LogP contribution >= 0.6 is 23.5 Å². The van der Waals surface area contributed by atoms with Crippen LogP contribution in [0.2, 0.25) is 0 Å². The smallest absolute Gasteiger partial charge is 0.240 e. The first-order chi connectivity index (χ1) is 11.9. The van der Waals surface area contributed by atoms with Crippen molar-refractivity contribution >= 4 is 51.5 Å². The highest BCUT2D eigenvalue weighted by Crippen LogP contribution is 2.25. The van der Waals surface area contributed by atoms with Crippen LogP contribution in [0.3, 0.4) is 0 Å². The Morgan fingerprint density at radius 1 is 1.20 bits per heavy atom. The lowest BCUT2D eigenvalue weighted by molar-refractivity contribution is -0.119. The molecule has 0 unspecified atom stereocenters. The fourth-order valence-corrected chi connectivity index (χ4v) is 4.00. The maximum atomic E-state index is 12.5. The number of carbonyl (C=O) groups is 3. The van der Waals surface area contributed by atoms with E-state index in [2.05, 4.69) is 20.8 Å². The normalized spacial score (nSPS) is 23.2. The third-order valence-corrected chi connectivity index (χ3v) is 5.58. The van der Waals surface area contributed by atoms with Gasteiger partial charge in [-0.25, -0.2) is 0 Å². The fraction of sp³-hybridized carbons (Fsp3) is 0.312. The predicted octanol–water partition coefficient (Wildman–Crippen LogP) is 1.60. The van der Waals surface area contributed by atoms with Crippen molar-refractivity contribution in [3.05, 3.63) is 34.9 Å². The minimum Gasteiger partial charge on any atom is -0.303 e. The molecule has 0 bridgehead atoms. The molecular weight excluding hydrogens is 360 g/mol. The van der Waals surface area contributed by atoms with Crippen molar-refractivity contribution in [1.29, 1.82) is 0 Å². The summed E-state index contributed by atoms with van der Waals surface area (Å²) in [6.45, 7) is 3.86. The number of amidine groups is 2. The fourth-order valence-electron chi connectivity index (χ4n) is 2.46. The molecule has 2 N–H and O–H groups in total. The summed E-state index contributed by atoms with van der Waals surface area (Å²) in [4.78, 5) is 35.6. The molecule has 1 atom stereocenters. The van der Waals surface area contributed by atoms with Gasteiger partial charge in [-0.1, -0.05) is 47.3 Å². The van der Waals surface area contributed by atoms with E-state index in [9.17, 15) is 14.4 Å². The number of benzene rings is 1. The van der Waals surface area contributed by atoms with Gasteiger partial charge in [0.2, 0.25) is 11.8 Å². The molecule has 3 rings (SSSR count). The Balaban J connectivity index is 1.65. The number of rotatable bonds is 4. The first-order valence-electron chi connectivity index (χ1n) is 7.58. The second-order valence-corrected chi connectivity index (χ2v) is 7.84. The van der Waals surface area contributed by atoms with E-state index < -0.39 is 5.25 Å². The lowest BCUT2D eigenvalue weighted by Crippen LogP contribution is -2.26. The Kier molecular flexibility index (Phi) is 5.24. The van der Waals surface area contributed by atoms with Gasteiger partial charge in [0.15, 0.2) is 16.1 Å². The number of thioether (sulfide) groups is 2. The molecule has 2 heterocycles. The molecule has 1 aromatic carbocycles. The Bertz CT molecular complexity index is 820. The molecule has 1 aromatic rings. The van der Waals surface area contributed by atoms with Crippen molar-refractivity contribution in [3.8, 4) is 0 Å². The van der Waals surface area contributed by atoms with Gasteiger partial charge in [0.1, 0.15) is 0 Å². The van der Waals surface area contributed by atoms with Crippen LogP contribution in [0, 0.1) is 13.8 Å². The lowest BCUT2D eigenvalue weighted by atomic mass is 9.99. The van der Waals surface area contributed by atoms with Crippen molar-refractivity contribution in [2.75, 3.05) is 5.75 Å². The van der Waals surface area contributed by atoms with Crippen LogP contribution < -0.4 is 10.6 Å². The van der Waals surface area contributed by atoms with Gasteiger partial charge in [0, 0.05) is 12.0 Å². The van der Waals surface area contributed by atoms with Gasteiger partial charge < -0.3 is 10.6 Å². The van der Waals surface area contributed by atoms with E-state index in [1.165, 1.54) is 23.5 Å². The Morgan fingerprint density at radius 2 is 1.96 bits per heavy atom. The number of hydrogen-bond acceptors (Lipinski definition) is 7. The molecule has 2 saturated heterocycles. The number of nitrogens with one attached hydrogen (secondary N) is 2. The van der Waals surface area contributed by atoms with E-state index in [-0.39, 0.29) is 24.0 Å². The molecule has 7 nitrogen and oxygen atoms in total. The average Bonchev–Trinajstić information content (AvgIpc) is 3.11. The molecule has 25 heavy (non-hydrogen) atoms. The minimum atomic E-state index is -0.530. The highest BCUT2D eigenvalue weighted by molar-refractivity contribution is 8.15. The Hall–Kier alpha value is -2.13.